The zero-order valence-corrected chi connectivity index (χ0v) is 12.6. The molecule has 106 valence electrons. The van der Waals surface area contributed by atoms with Crippen LogP contribution in [0, 0.1) is 22.7 Å². The van der Waals surface area contributed by atoms with Crippen LogP contribution in [0.3, 0.4) is 0 Å². The van der Waals surface area contributed by atoms with E-state index in [2.05, 4.69) is 19.2 Å². The fourth-order valence-corrected chi connectivity index (χ4v) is 3.11. The minimum atomic E-state index is 0.0166. The maximum atomic E-state index is 12.5. The molecule has 1 aliphatic carbocycles. The molecule has 1 aliphatic rings. The minimum absolute atomic E-state index is 0.0166. The van der Waals surface area contributed by atoms with E-state index in [1.165, 1.54) is 6.42 Å². The average Bonchev–Trinajstić information content (AvgIpc) is 2.40. The highest BCUT2D eigenvalue weighted by Gasteiger charge is 2.37. The fourth-order valence-electron chi connectivity index (χ4n) is 2.89. The third-order valence-corrected chi connectivity index (χ3v) is 4.49. The molecule has 1 N–H and O–H groups in total. The molecule has 0 spiro atoms. The Balaban J connectivity index is 2.14. The first kappa shape index (κ1) is 14.9. The second kappa shape index (κ2) is 5.85. The molecule has 1 amide bonds. The van der Waals surface area contributed by atoms with Crippen molar-refractivity contribution in [1.82, 2.24) is 0 Å². The van der Waals surface area contributed by atoms with Gasteiger partial charge in [0.15, 0.2) is 0 Å². The summed E-state index contributed by atoms with van der Waals surface area (Å²) in [6.45, 7) is 4.30. The van der Waals surface area contributed by atoms with Gasteiger partial charge in [0.2, 0.25) is 5.91 Å². The lowest BCUT2D eigenvalue weighted by atomic mass is 9.68. The van der Waals surface area contributed by atoms with E-state index in [1.807, 2.05) is 6.07 Å². The number of rotatable bonds is 2. The summed E-state index contributed by atoms with van der Waals surface area (Å²) >= 11 is 6.10. The summed E-state index contributed by atoms with van der Waals surface area (Å²) < 4.78 is 0. The van der Waals surface area contributed by atoms with Crippen molar-refractivity contribution in [1.29, 1.82) is 5.26 Å². The van der Waals surface area contributed by atoms with Crippen LogP contribution in [0.4, 0.5) is 5.69 Å². The highest BCUT2D eigenvalue weighted by molar-refractivity contribution is 6.33. The van der Waals surface area contributed by atoms with Gasteiger partial charge in [0.05, 0.1) is 22.3 Å². The van der Waals surface area contributed by atoms with Gasteiger partial charge in [0, 0.05) is 5.92 Å². The van der Waals surface area contributed by atoms with Crippen molar-refractivity contribution in [3.63, 3.8) is 0 Å². The van der Waals surface area contributed by atoms with Gasteiger partial charge in [-0.05, 0) is 36.5 Å². The van der Waals surface area contributed by atoms with Gasteiger partial charge in [-0.1, -0.05) is 38.3 Å². The monoisotopic (exact) mass is 290 g/mol. The van der Waals surface area contributed by atoms with E-state index in [1.54, 1.807) is 18.2 Å². The SMILES string of the molecule is CC1(C)CCCCC1C(=O)Nc1ccc(C#N)cc1Cl. The third kappa shape index (κ3) is 3.13. The Morgan fingerprint density at radius 2 is 2.20 bits per heavy atom. The number of amides is 1. The number of carbonyl (C=O) groups is 1. The Morgan fingerprint density at radius 1 is 1.45 bits per heavy atom. The van der Waals surface area contributed by atoms with Crippen LogP contribution in [-0.2, 0) is 4.79 Å². The number of halogens is 1. The number of nitriles is 1. The molecular formula is C16H19ClN2O. The van der Waals surface area contributed by atoms with E-state index < -0.39 is 0 Å². The highest BCUT2D eigenvalue weighted by Crippen LogP contribution is 2.41. The molecule has 1 unspecified atom stereocenters. The molecule has 2 rings (SSSR count). The zero-order valence-electron chi connectivity index (χ0n) is 11.9. The fraction of sp³-hybridized carbons (Fsp3) is 0.500. The summed E-state index contributed by atoms with van der Waals surface area (Å²) in [4.78, 5) is 12.5. The number of carbonyl (C=O) groups excluding carboxylic acids is 1. The van der Waals surface area contributed by atoms with Crippen LogP contribution in [0.15, 0.2) is 18.2 Å². The maximum absolute atomic E-state index is 12.5. The number of hydrogen-bond donors (Lipinski definition) is 1. The van der Waals surface area contributed by atoms with Crippen molar-refractivity contribution < 1.29 is 4.79 Å². The van der Waals surface area contributed by atoms with Gasteiger partial charge < -0.3 is 5.32 Å². The first-order valence-corrected chi connectivity index (χ1v) is 7.32. The molecule has 3 nitrogen and oxygen atoms in total. The summed E-state index contributed by atoms with van der Waals surface area (Å²) in [5.41, 5.74) is 1.10. The van der Waals surface area contributed by atoms with Crippen molar-refractivity contribution in [2.45, 2.75) is 39.5 Å². The summed E-state index contributed by atoms with van der Waals surface area (Å²) in [5.74, 6) is 0.0456. The third-order valence-electron chi connectivity index (χ3n) is 4.18. The summed E-state index contributed by atoms with van der Waals surface area (Å²) in [5, 5.41) is 12.1. The smallest absolute Gasteiger partial charge is 0.228 e. The largest absolute Gasteiger partial charge is 0.325 e. The second-order valence-corrected chi connectivity index (χ2v) is 6.49. The predicted molar refractivity (Wildman–Crippen MR) is 80.5 cm³/mol. The Bertz CT molecular complexity index is 560. The average molecular weight is 291 g/mol. The van der Waals surface area contributed by atoms with Gasteiger partial charge in [-0.15, -0.1) is 0 Å². The van der Waals surface area contributed by atoms with Crippen molar-refractivity contribution in [3.8, 4) is 6.07 Å². The molecule has 1 saturated carbocycles. The Morgan fingerprint density at radius 3 is 2.80 bits per heavy atom. The Labute approximate surface area is 124 Å². The molecule has 4 heteroatoms. The first-order chi connectivity index (χ1) is 9.44. The second-order valence-electron chi connectivity index (χ2n) is 6.08. The molecule has 20 heavy (non-hydrogen) atoms. The highest BCUT2D eigenvalue weighted by atomic mass is 35.5. The number of benzene rings is 1. The number of anilines is 1. The van der Waals surface area contributed by atoms with Gasteiger partial charge >= 0.3 is 0 Å². The van der Waals surface area contributed by atoms with Gasteiger partial charge in [-0.2, -0.15) is 5.26 Å². The topological polar surface area (TPSA) is 52.9 Å². The van der Waals surface area contributed by atoms with Crippen LogP contribution >= 0.6 is 11.6 Å². The van der Waals surface area contributed by atoms with Crippen LogP contribution in [0.2, 0.25) is 5.02 Å². The molecule has 1 aromatic carbocycles. The lowest BCUT2D eigenvalue weighted by Crippen LogP contribution is -2.37. The maximum Gasteiger partial charge on any atom is 0.228 e. The zero-order chi connectivity index (χ0) is 14.8. The van der Waals surface area contributed by atoms with Crippen molar-refractivity contribution >= 4 is 23.2 Å². The van der Waals surface area contributed by atoms with Gasteiger partial charge in [-0.25, -0.2) is 0 Å². The summed E-state index contributed by atoms with van der Waals surface area (Å²) in [6, 6.07) is 6.95. The molecule has 1 aromatic rings. The van der Waals surface area contributed by atoms with Crippen LogP contribution < -0.4 is 5.32 Å². The van der Waals surface area contributed by atoms with Crippen LogP contribution in [-0.4, -0.2) is 5.91 Å². The van der Waals surface area contributed by atoms with Crippen molar-refractivity contribution in [2.24, 2.45) is 11.3 Å². The van der Waals surface area contributed by atoms with Gasteiger partial charge in [0.1, 0.15) is 0 Å². The lowest BCUT2D eigenvalue weighted by Gasteiger charge is -2.37. The van der Waals surface area contributed by atoms with E-state index in [9.17, 15) is 4.79 Å². The molecule has 0 aromatic heterocycles. The standard InChI is InChI=1S/C16H19ClN2O/c1-16(2)8-4-3-5-12(16)15(20)19-14-7-6-11(10-18)9-13(14)17/h6-7,9,12H,3-5,8H2,1-2H3,(H,19,20). The van der Waals surface area contributed by atoms with Crippen molar-refractivity contribution in [3.05, 3.63) is 28.8 Å². The Kier molecular flexibility index (Phi) is 4.35. The number of nitrogens with one attached hydrogen (secondary N) is 1. The molecule has 1 atom stereocenters. The summed E-state index contributed by atoms with van der Waals surface area (Å²) in [7, 11) is 0. The van der Waals surface area contributed by atoms with E-state index in [0.29, 0.717) is 16.3 Å². The number of nitrogens with zero attached hydrogens (tertiary/aromatic N) is 1. The van der Waals surface area contributed by atoms with E-state index in [4.69, 9.17) is 16.9 Å². The molecule has 0 radical (unpaired) electrons. The molecule has 0 bridgehead atoms. The van der Waals surface area contributed by atoms with Crippen LogP contribution in [0.1, 0.15) is 45.1 Å². The molecule has 0 aliphatic heterocycles. The molecular weight excluding hydrogens is 272 g/mol. The predicted octanol–water partition coefficient (Wildman–Crippen LogP) is 4.37. The van der Waals surface area contributed by atoms with E-state index in [-0.39, 0.29) is 17.2 Å². The van der Waals surface area contributed by atoms with Gasteiger partial charge in [-0.3, -0.25) is 4.79 Å². The first-order valence-electron chi connectivity index (χ1n) is 6.94. The molecule has 1 fully saturated rings. The minimum Gasteiger partial charge on any atom is -0.325 e. The molecule has 0 saturated heterocycles. The summed E-state index contributed by atoms with van der Waals surface area (Å²) in [6.07, 6.45) is 4.29. The van der Waals surface area contributed by atoms with Crippen LogP contribution in [0.25, 0.3) is 0 Å². The number of hydrogen-bond acceptors (Lipinski definition) is 2. The van der Waals surface area contributed by atoms with Crippen LogP contribution in [0.5, 0.6) is 0 Å². The van der Waals surface area contributed by atoms with Gasteiger partial charge in [0.25, 0.3) is 0 Å². The van der Waals surface area contributed by atoms with Crippen molar-refractivity contribution in [2.75, 3.05) is 5.32 Å². The van der Waals surface area contributed by atoms with E-state index >= 15 is 0 Å². The lowest BCUT2D eigenvalue weighted by molar-refractivity contribution is -0.124. The Hall–Kier alpha value is -1.53. The quantitative estimate of drug-likeness (QED) is 0.879. The normalized spacial score (nSPS) is 21.0. The van der Waals surface area contributed by atoms with E-state index in [0.717, 1.165) is 19.3 Å². The molecule has 0 heterocycles.